The summed E-state index contributed by atoms with van der Waals surface area (Å²) in [6, 6.07) is 7.89. The number of amides is 1. The lowest BCUT2D eigenvalue weighted by Crippen LogP contribution is -2.41. The molecule has 3 rings (SSSR count). The summed E-state index contributed by atoms with van der Waals surface area (Å²) in [6.07, 6.45) is 2.89. The van der Waals surface area contributed by atoms with Crippen molar-refractivity contribution in [2.24, 2.45) is 0 Å². The smallest absolute Gasteiger partial charge is 0.237 e. The molecule has 0 aliphatic carbocycles. The van der Waals surface area contributed by atoms with Crippen molar-refractivity contribution in [3.05, 3.63) is 36.0 Å². The van der Waals surface area contributed by atoms with Crippen LogP contribution >= 0.6 is 0 Å². The molecule has 5 heteroatoms. The molecule has 1 fully saturated rings. The van der Waals surface area contributed by atoms with Gasteiger partial charge in [0.2, 0.25) is 5.91 Å². The number of aromatic amines is 1. The van der Waals surface area contributed by atoms with Crippen molar-refractivity contribution >= 4 is 16.8 Å². The van der Waals surface area contributed by atoms with Gasteiger partial charge in [0.1, 0.15) is 0 Å². The molecule has 20 heavy (non-hydrogen) atoms. The second-order valence-electron chi connectivity index (χ2n) is 5.25. The Bertz CT molecular complexity index is 608. The van der Waals surface area contributed by atoms with E-state index in [0.29, 0.717) is 19.5 Å². The van der Waals surface area contributed by atoms with Crippen molar-refractivity contribution in [2.45, 2.75) is 25.0 Å². The Morgan fingerprint density at radius 1 is 1.40 bits per heavy atom. The molecule has 1 amide bonds. The number of aromatic nitrogens is 1. The quantitative estimate of drug-likeness (QED) is 0.657. The number of aliphatic hydroxyl groups is 1. The number of rotatable bonds is 4. The van der Waals surface area contributed by atoms with Crippen LogP contribution in [0, 0.1) is 0 Å². The highest BCUT2D eigenvalue weighted by Gasteiger charge is 2.27. The first-order valence-corrected chi connectivity index (χ1v) is 6.98. The van der Waals surface area contributed by atoms with E-state index in [9.17, 15) is 9.90 Å². The lowest BCUT2D eigenvalue weighted by atomic mass is 10.1. The van der Waals surface area contributed by atoms with Crippen LogP contribution in [0.4, 0.5) is 0 Å². The zero-order valence-electron chi connectivity index (χ0n) is 11.2. The van der Waals surface area contributed by atoms with E-state index >= 15 is 0 Å². The average molecular weight is 273 g/mol. The number of H-pyrrole nitrogens is 1. The number of para-hydroxylation sites is 1. The van der Waals surface area contributed by atoms with Gasteiger partial charge in [-0.05, 0) is 24.5 Å². The fourth-order valence-corrected chi connectivity index (χ4v) is 2.70. The van der Waals surface area contributed by atoms with Crippen LogP contribution in [0.3, 0.4) is 0 Å². The van der Waals surface area contributed by atoms with Gasteiger partial charge in [0.15, 0.2) is 0 Å². The van der Waals surface area contributed by atoms with Crippen molar-refractivity contribution in [3.63, 3.8) is 0 Å². The first-order chi connectivity index (χ1) is 9.74. The Kier molecular flexibility index (Phi) is 3.71. The number of hydrogen-bond donors (Lipinski definition) is 4. The second-order valence-corrected chi connectivity index (χ2v) is 5.25. The number of carbonyl (C=O) groups excluding carboxylic acids is 1. The molecule has 106 valence electrons. The summed E-state index contributed by atoms with van der Waals surface area (Å²) in [5, 5.41) is 16.5. The van der Waals surface area contributed by atoms with Crippen LogP contribution in [0.15, 0.2) is 30.5 Å². The fraction of sp³-hybridized carbons (Fsp3) is 0.400. The second kappa shape index (κ2) is 5.64. The molecule has 1 saturated heterocycles. The topological polar surface area (TPSA) is 77.2 Å². The van der Waals surface area contributed by atoms with Gasteiger partial charge in [-0.15, -0.1) is 0 Å². The molecule has 2 heterocycles. The van der Waals surface area contributed by atoms with Gasteiger partial charge in [-0.3, -0.25) is 4.79 Å². The molecular weight excluding hydrogens is 254 g/mol. The molecule has 4 N–H and O–H groups in total. The van der Waals surface area contributed by atoms with E-state index in [1.807, 2.05) is 24.4 Å². The zero-order chi connectivity index (χ0) is 13.9. The minimum absolute atomic E-state index is 0.0265. The number of carbonyl (C=O) groups is 1. The molecule has 2 atom stereocenters. The maximum atomic E-state index is 11.9. The minimum atomic E-state index is -0.403. The van der Waals surface area contributed by atoms with Gasteiger partial charge in [-0.2, -0.15) is 0 Å². The van der Waals surface area contributed by atoms with E-state index in [-0.39, 0.29) is 11.9 Å². The molecule has 2 unspecified atom stereocenters. The summed E-state index contributed by atoms with van der Waals surface area (Å²) < 4.78 is 0. The van der Waals surface area contributed by atoms with E-state index < -0.39 is 6.10 Å². The standard InChI is InChI=1S/C15H19N3O2/c19-11-7-14(18-9-11)15(20)16-6-5-10-8-17-13-4-2-1-3-12(10)13/h1-4,8,11,14,17-19H,5-7,9H2,(H,16,20). The SMILES string of the molecule is O=C(NCCc1c[nH]c2ccccc12)C1CC(O)CN1. The van der Waals surface area contributed by atoms with Gasteiger partial charge in [0.05, 0.1) is 12.1 Å². The molecule has 0 spiro atoms. The van der Waals surface area contributed by atoms with Gasteiger partial charge >= 0.3 is 0 Å². The maximum Gasteiger partial charge on any atom is 0.237 e. The third kappa shape index (κ3) is 2.69. The molecule has 2 aromatic rings. The Hall–Kier alpha value is -1.85. The van der Waals surface area contributed by atoms with Crippen molar-refractivity contribution in [3.8, 4) is 0 Å². The normalized spacial score (nSPS) is 22.2. The van der Waals surface area contributed by atoms with Gasteiger partial charge in [-0.1, -0.05) is 18.2 Å². The number of fused-ring (bicyclic) bond motifs is 1. The Balaban J connectivity index is 1.54. The van der Waals surface area contributed by atoms with Gasteiger partial charge in [0.25, 0.3) is 0 Å². The Morgan fingerprint density at radius 3 is 3.05 bits per heavy atom. The molecule has 0 bridgehead atoms. The highest BCUT2D eigenvalue weighted by atomic mass is 16.3. The van der Waals surface area contributed by atoms with Crippen molar-refractivity contribution in [1.82, 2.24) is 15.6 Å². The molecular formula is C15H19N3O2. The minimum Gasteiger partial charge on any atom is -0.392 e. The monoisotopic (exact) mass is 273 g/mol. The largest absolute Gasteiger partial charge is 0.392 e. The summed E-state index contributed by atoms with van der Waals surface area (Å²) in [5.41, 5.74) is 2.33. The summed E-state index contributed by atoms with van der Waals surface area (Å²) in [6.45, 7) is 1.11. The van der Waals surface area contributed by atoms with Crippen molar-refractivity contribution in [1.29, 1.82) is 0 Å². The number of β-amino-alcohol motifs (C(OH)–C–C–N with tert-alkyl or cyclic N) is 1. The maximum absolute atomic E-state index is 11.9. The molecule has 1 aromatic heterocycles. The van der Waals surface area contributed by atoms with E-state index in [4.69, 9.17) is 0 Å². The lowest BCUT2D eigenvalue weighted by molar-refractivity contribution is -0.122. The summed E-state index contributed by atoms with van der Waals surface area (Å²) in [7, 11) is 0. The van der Waals surface area contributed by atoms with Gasteiger partial charge in [-0.25, -0.2) is 0 Å². The van der Waals surface area contributed by atoms with Crippen LogP contribution in [0.25, 0.3) is 10.9 Å². The molecule has 1 aromatic carbocycles. The summed E-state index contributed by atoms with van der Waals surface area (Å²) in [4.78, 5) is 15.1. The molecule has 0 saturated carbocycles. The first kappa shape index (κ1) is 13.1. The Morgan fingerprint density at radius 2 is 2.25 bits per heavy atom. The molecule has 0 radical (unpaired) electrons. The van der Waals surface area contributed by atoms with Crippen LogP contribution < -0.4 is 10.6 Å². The van der Waals surface area contributed by atoms with Crippen LogP contribution in [-0.2, 0) is 11.2 Å². The Labute approximate surface area is 117 Å². The third-order valence-electron chi connectivity index (χ3n) is 3.79. The predicted octanol–water partition coefficient (Wildman–Crippen LogP) is 0.549. The molecule has 5 nitrogen and oxygen atoms in total. The van der Waals surface area contributed by atoms with Crippen molar-refractivity contribution < 1.29 is 9.90 Å². The highest BCUT2D eigenvalue weighted by Crippen LogP contribution is 2.17. The van der Waals surface area contributed by atoms with E-state index in [0.717, 1.165) is 11.9 Å². The average Bonchev–Trinajstić information content (AvgIpc) is 3.06. The van der Waals surface area contributed by atoms with E-state index in [1.54, 1.807) is 0 Å². The predicted molar refractivity (Wildman–Crippen MR) is 77.4 cm³/mol. The highest BCUT2D eigenvalue weighted by molar-refractivity contribution is 5.84. The number of hydrogen-bond acceptors (Lipinski definition) is 3. The van der Waals surface area contributed by atoms with E-state index in [2.05, 4.69) is 21.7 Å². The van der Waals surface area contributed by atoms with Crippen LogP contribution in [0.1, 0.15) is 12.0 Å². The van der Waals surface area contributed by atoms with Crippen LogP contribution in [-0.4, -0.2) is 41.2 Å². The zero-order valence-corrected chi connectivity index (χ0v) is 11.2. The fourth-order valence-electron chi connectivity index (χ4n) is 2.70. The van der Waals surface area contributed by atoms with Gasteiger partial charge in [0, 0.05) is 30.2 Å². The third-order valence-corrected chi connectivity index (χ3v) is 3.79. The lowest BCUT2D eigenvalue weighted by Gasteiger charge is -2.10. The van der Waals surface area contributed by atoms with Crippen LogP contribution in [0.2, 0.25) is 0 Å². The molecule has 1 aliphatic heterocycles. The van der Waals surface area contributed by atoms with E-state index in [1.165, 1.54) is 10.9 Å². The summed E-state index contributed by atoms with van der Waals surface area (Å²) in [5.74, 6) is -0.0265. The van der Waals surface area contributed by atoms with Gasteiger partial charge < -0.3 is 20.7 Å². The van der Waals surface area contributed by atoms with Crippen LogP contribution in [0.5, 0.6) is 0 Å². The number of aliphatic hydroxyl groups excluding tert-OH is 1. The number of benzene rings is 1. The molecule has 1 aliphatic rings. The summed E-state index contributed by atoms with van der Waals surface area (Å²) >= 11 is 0. The number of nitrogens with one attached hydrogen (secondary N) is 3. The van der Waals surface area contributed by atoms with Crippen molar-refractivity contribution in [2.75, 3.05) is 13.1 Å². The first-order valence-electron chi connectivity index (χ1n) is 6.98.